The molecule has 1 amide bonds. The fourth-order valence-corrected chi connectivity index (χ4v) is 4.22. The summed E-state index contributed by atoms with van der Waals surface area (Å²) in [6, 6.07) is 33.4. The number of amides is 1. The van der Waals surface area contributed by atoms with Crippen LogP contribution in [0.3, 0.4) is 0 Å². The molecule has 1 heterocycles. The molecule has 0 aromatic heterocycles. The molecule has 0 saturated carbocycles. The van der Waals surface area contributed by atoms with Crippen LogP contribution < -0.4 is 0 Å². The first kappa shape index (κ1) is 16.8. The maximum absolute atomic E-state index is 13.1. The summed E-state index contributed by atoms with van der Waals surface area (Å²) in [5, 5.41) is 2.48. The topological polar surface area (TPSA) is 20.3 Å². The SMILES string of the molecule is O=C1c2ccccc2C(c2ccc3ccccc3c2)CN1Cc1ccccc1. The summed E-state index contributed by atoms with van der Waals surface area (Å²) >= 11 is 0. The van der Waals surface area contributed by atoms with Crippen molar-refractivity contribution in [2.75, 3.05) is 6.54 Å². The highest BCUT2D eigenvalue weighted by Gasteiger charge is 2.31. The van der Waals surface area contributed by atoms with Gasteiger partial charge in [-0.25, -0.2) is 0 Å². The summed E-state index contributed by atoms with van der Waals surface area (Å²) in [4.78, 5) is 15.1. The number of hydrogen-bond acceptors (Lipinski definition) is 1. The van der Waals surface area contributed by atoms with E-state index >= 15 is 0 Å². The molecule has 28 heavy (non-hydrogen) atoms. The molecule has 4 aromatic rings. The first-order valence-corrected chi connectivity index (χ1v) is 9.70. The smallest absolute Gasteiger partial charge is 0.254 e. The van der Waals surface area contributed by atoms with Crippen LogP contribution in [0.4, 0.5) is 0 Å². The average Bonchev–Trinajstić information content (AvgIpc) is 2.76. The minimum atomic E-state index is 0.122. The van der Waals surface area contributed by atoms with E-state index in [-0.39, 0.29) is 11.8 Å². The monoisotopic (exact) mass is 363 g/mol. The van der Waals surface area contributed by atoms with E-state index in [2.05, 4.69) is 60.7 Å². The number of benzene rings is 4. The molecule has 4 aromatic carbocycles. The molecule has 1 aliphatic rings. The van der Waals surface area contributed by atoms with Crippen molar-refractivity contribution in [1.29, 1.82) is 0 Å². The van der Waals surface area contributed by atoms with Crippen molar-refractivity contribution in [3.63, 3.8) is 0 Å². The fourth-order valence-electron chi connectivity index (χ4n) is 4.22. The van der Waals surface area contributed by atoms with Gasteiger partial charge in [0.1, 0.15) is 0 Å². The predicted molar refractivity (Wildman–Crippen MR) is 113 cm³/mol. The van der Waals surface area contributed by atoms with E-state index in [4.69, 9.17) is 0 Å². The van der Waals surface area contributed by atoms with Crippen LogP contribution in [0, 0.1) is 0 Å². The van der Waals surface area contributed by atoms with Gasteiger partial charge in [-0.05, 0) is 33.5 Å². The van der Waals surface area contributed by atoms with Crippen molar-refractivity contribution in [2.45, 2.75) is 12.5 Å². The van der Waals surface area contributed by atoms with Gasteiger partial charge in [0.2, 0.25) is 0 Å². The van der Waals surface area contributed by atoms with Crippen LogP contribution in [0.5, 0.6) is 0 Å². The first-order valence-electron chi connectivity index (χ1n) is 9.70. The lowest BCUT2D eigenvalue weighted by Gasteiger charge is -2.35. The molecule has 0 aliphatic carbocycles. The zero-order chi connectivity index (χ0) is 18.9. The summed E-state index contributed by atoms with van der Waals surface area (Å²) in [5.41, 5.74) is 4.37. The van der Waals surface area contributed by atoms with Crippen LogP contribution >= 0.6 is 0 Å². The summed E-state index contributed by atoms with van der Waals surface area (Å²) in [5.74, 6) is 0.304. The Balaban J connectivity index is 1.57. The Morgan fingerprint density at radius 3 is 2.32 bits per heavy atom. The molecule has 1 unspecified atom stereocenters. The van der Waals surface area contributed by atoms with E-state index in [1.807, 2.05) is 41.3 Å². The maximum Gasteiger partial charge on any atom is 0.254 e. The summed E-state index contributed by atoms with van der Waals surface area (Å²) < 4.78 is 0. The minimum absolute atomic E-state index is 0.122. The molecule has 5 rings (SSSR count). The van der Waals surface area contributed by atoms with Crippen molar-refractivity contribution in [1.82, 2.24) is 4.90 Å². The Kier molecular flexibility index (Phi) is 4.17. The Morgan fingerprint density at radius 1 is 0.750 bits per heavy atom. The molecule has 2 heteroatoms. The van der Waals surface area contributed by atoms with Gasteiger partial charge < -0.3 is 4.90 Å². The lowest BCUT2D eigenvalue weighted by atomic mass is 9.83. The van der Waals surface area contributed by atoms with Crippen molar-refractivity contribution >= 4 is 16.7 Å². The second-order valence-electron chi connectivity index (χ2n) is 7.42. The van der Waals surface area contributed by atoms with Crippen LogP contribution in [0.2, 0.25) is 0 Å². The highest BCUT2D eigenvalue weighted by Crippen LogP contribution is 2.35. The number of nitrogens with zero attached hydrogens (tertiary/aromatic N) is 1. The van der Waals surface area contributed by atoms with E-state index in [9.17, 15) is 4.79 Å². The molecule has 0 radical (unpaired) electrons. The Morgan fingerprint density at radius 2 is 1.46 bits per heavy atom. The predicted octanol–water partition coefficient (Wildman–Crippen LogP) is 5.63. The Bertz CT molecular complexity index is 1150. The largest absolute Gasteiger partial charge is 0.333 e. The van der Waals surface area contributed by atoms with Crippen molar-refractivity contribution in [3.8, 4) is 0 Å². The van der Waals surface area contributed by atoms with Crippen LogP contribution in [-0.4, -0.2) is 17.4 Å². The highest BCUT2D eigenvalue weighted by molar-refractivity contribution is 5.97. The molecule has 0 bridgehead atoms. The number of hydrogen-bond donors (Lipinski definition) is 0. The van der Waals surface area contributed by atoms with Gasteiger partial charge in [0.05, 0.1) is 0 Å². The van der Waals surface area contributed by atoms with Gasteiger partial charge in [-0.2, -0.15) is 0 Å². The minimum Gasteiger partial charge on any atom is -0.333 e. The van der Waals surface area contributed by atoms with E-state index < -0.39 is 0 Å². The average molecular weight is 363 g/mol. The molecule has 1 atom stereocenters. The second-order valence-corrected chi connectivity index (χ2v) is 7.42. The quantitative estimate of drug-likeness (QED) is 0.462. The normalized spacial score (nSPS) is 16.2. The Hall–Kier alpha value is -3.39. The second kappa shape index (κ2) is 6.97. The number of fused-ring (bicyclic) bond motifs is 2. The molecule has 136 valence electrons. The standard InChI is InChI=1S/C26H21NO/c28-26-24-13-7-6-12-23(24)25(18-27(26)17-19-8-2-1-3-9-19)22-15-14-20-10-4-5-11-21(20)16-22/h1-16,25H,17-18H2. The first-order chi connectivity index (χ1) is 13.8. The van der Waals surface area contributed by atoms with Gasteiger partial charge in [-0.3, -0.25) is 4.79 Å². The van der Waals surface area contributed by atoms with Gasteiger partial charge in [0.25, 0.3) is 5.91 Å². The van der Waals surface area contributed by atoms with Crippen LogP contribution in [-0.2, 0) is 6.54 Å². The van der Waals surface area contributed by atoms with Crippen molar-refractivity contribution in [3.05, 3.63) is 119 Å². The zero-order valence-corrected chi connectivity index (χ0v) is 15.6. The fraction of sp³-hybridized carbons (Fsp3) is 0.115. The highest BCUT2D eigenvalue weighted by atomic mass is 16.2. The summed E-state index contributed by atoms with van der Waals surface area (Å²) in [6.45, 7) is 1.33. The van der Waals surface area contributed by atoms with Gasteiger partial charge in [-0.15, -0.1) is 0 Å². The molecule has 2 nitrogen and oxygen atoms in total. The molecule has 0 spiro atoms. The molecule has 0 N–H and O–H groups in total. The summed E-state index contributed by atoms with van der Waals surface area (Å²) in [7, 11) is 0. The molecule has 0 fully saturated rings. The van der Waals surface area contributed by atoms with Crippen molar-refractivity contribution in [2.24, 2.45) is 0 Å². The van der Waals surface area contributed by atoms with E-state index in [1.54, 1.807) is 0 Å². The number of rotatable bonds is 3. The zero-order valence-electron chi connectivity index (χ0n) is 15.6. The van der Waals surface area contributed by atoms with Crippen LogP contribution in [0.15, 0.2) is 97.1 Å². The molecule has 1 aliphatic heterocycles. The number of carbonyl (C=O) groups excluding carboxylic acids is 1. The van der Waals surface area contributed by atoms with Gasteiger partial charge in [0, 0.05) is 24.6 Å². The van der Waals surface area contributed by atoms with Crippen molar-refractivity contribution < 1.29 is 4.79 Å². The molecular formula is C26H21NO. The van der Waals surface area contributed by atoms with E-state index in [0.717, 1.165) is 16.7 Å². The third kappa shape index (κ3) is 2.97. The van der Waals surface area contributed by atoms with Gasteiger partial charge in [0.15, 0.2) is 0 Å². The Labute approximate surface area is 165 Å². The van der Waals surface area contributed by atoms with Crippen LogP contribution in [0.25, 0.3) is 10.8 Å². The number of carbonyl (C=O) groups is 1. The lowest BCUT2D eigenvalue weighted by molar-refractivity contribution is 0.0716. The van der Waals surface area contributed by atoms with Gasteiger partial charge in [-0.1, -0.05) is 91.0 Å². The molecular weight excluding hydrogens is 342 g/mol. The maximum atomic E-state index is 13.1. The third-order valence-electron chi connectivity index (χ3n) is 5.65. The lowest BCUT2D eigenvalue weighted by Crippen LogP contribution is -2.39. The third-order valence-corrected chi connectivity index (χ3v) is 5.65. The van der Waals surface area contributed by atoms with Gasteiger partial charge >= 0.3 is 0 Å². The van der Waals surface area contributed by atoms with E-state index in [1.165, 1.54) is 16.3 Å². The van der Waals surface area contributed by atoms with Crippen LogP contribution in [0.1, 0.15) is 33.0 Å². The molecule has 0 saturated heterocycles. The van der Waals surface area contributed by atoms with E-state index in [0.29, 0.717) is 13.1 Å². The summed E-state index contributed by atoms with van der Waals surface area (Å²) in [6.07, 6.45) is 0.